The van der Waals surface area contributed by atoms with E-state index in [1.165, 1.54) is 16.8 Å². The molecular formula is C13H14ClFN4O2. The highest BCUT2D eigenvalue weighted by atomic mass is 35.5. The van der Waals surface area contributed by atoms with Gasteiger partial charge in [-0.05, 0) is 24.6 Å². The highest BCUT2D eigenvalue weighted by molar-refractivity contribution is 6.30. The lowest BCUT2D eigenvalue weighted by Crippen LogP contribution is -2.20. The van der Waals surface area contributed by atoms with Crippen LogP contribution in [0.2, 0.25) is 5.02 Å². The Balaban J connectivity index is 2.34. The van der Waals surface area contributed by atoms with E-state index in [1.54, 1.807) is 32.0 Å². The molecule has 0 fully saturated rings. The lowest BCUT2D eigenvalue weighted by Gasteiger charge is -2.18. The van der Waals surface area contributed by atoms with Crippen molar-refractivity contribution in [1.82, 2.24) is 9.78 Å². The van der Waals surface area contributed by atoms with Crippen molar-refractivity contribution in [3.05, 3.63) is 50.4 Å². The topological polar surface area (TPSA) is 64.2 Å². The molecule has 0 bridgehead atoms. The number of benzene rings is 1. The van der Waals surface area contributed by atoms with Crippen LogP contribution < -0.4 is 4.90 Å². The monoisotopic (exact) mass is 312 g/mol. The van der Waals surface area contributed by atoms with Crippen molar-refractivity contribution in [2.24, 2.45) is 7.05 Å². The minimum atomic E-state index is -0.516. The molecule has 0 atom stereocenters. The number of aromatic nitrogens is 2. The Hall–Kier alpha value is -2.15. The Morgan fingerprint density at radius 2 is 2.19 bits per heavy atom. The van der Waals surface area contributed by atoms with Crippen LogP contribution in [0, 0.1) is 22.9 Å². The second-order valence-electron chi connectivity index (χ2n) is 4.74. The van der Waals surface area contributed by atoms with Gasteiger partial charge in [-0.1, -0.05) is 17.7 Å². The number of nitrogens with zero attached hydrogens (tertiary/aromatic N) is 4. The van der Waals surface area contributed by atoms with Crippen LogP contribution in [0.4, 0.5) is 15.9 Å². The van der Waals surface area contributed by atoms with Crippen LogP contribution in [0.1, 0.15) is 11.3 Å². The van der Waals surface area contributed by atoms with Crippen molar-refractivity contribution in [3.63, 3.8) is 0 Å². The first kappa shape index (κ1) is 15.2. The third-order valence-electron chi connectivity index (χ3n) is 3.11. The molecule has 1 heterocycles. The van der Waals surface area contributed by atoms with E-state index in [0.717, 1.165) is 0 Å². The molecule has 2 rings (SSSR count). The molecule has 112 valence electrons. The summed E-state index contributed by atoms with van der Waals surface area (Å²) < 4.78 is 14.9. The van der Waals surface area contributed by atoms with Crippen molar-refractivity contribution >= 4 is 23.1 Å². The van der Waals surface area contributed by atoms with E-state index in [0.29, 0.717) is 23.6 Å². The smallest absolute Gasteiger partial charge is 0.333 e. The Morgan fingerprint density at radius 1 is 1.52 bits per heavy atom. The van der Waals surface area contributed by atoms with Crippen molar-refractivity contribution in [2.45, 2.75) is 13.5 Å². The van der Waals surface area contributed by atoms with Gasteiger partial charge in [0, 0.05) is 20.6 Å². The van der Waals surface area contributed by atoms with E-state index in [1.807, 2.05) is 0 Å². The van der Waals surface area contributed by atoms with E-state index in [-0.39, 0.29) is 10.7 Å². The third-order valence-corrected chi connectivity index (χ3v) is 3.42. The largest absolute Gasteiger partial charge is 0.350 e. The zero-order valence-electron chi connectivity index (χ0n) is 11.8. The highest BCUT2D eigenvalue weighted by Gasteiger charge is 2.26. The summed E-state index contributed by atoms with van der Waals surface area (Å²) in [6.45, 7) is 1.88. The van der Waals surface area contributed by atoms with Gasteiger partial charge in [0.2, 0.25) is 5.82 Å². The third kappa shape index (κ3) is 2.97. The number of rotatable bonds is 4. The van der Waals surface area contributed by atoms with Crippen LogP contribution in [-0.4, -0.2) is 21.8 Å². The van der Waals surface area contributed by atoms with E-state index >= 15 is 0 Å². The number of hydrogen-bond donors (Lipinski definition) is 0. The molecule has 0 aliphatic rings. The summed E-state index contributed by atoms with van der Waals surface area (Å²) in [5.74, 6) is -0.147. The SMILES string of the molecule is Cc1nn(C)c(N(C)Cc2ccc(Cl)c(F)c2)c1[N+](=O)[O-]. The second kappa shape index (κ2) is 5.69. The van der Waals surface area contributed by atoms with E-state index in [2.05, 4.69) is 5.10 Å². The summed E-state index contributed by atoms with van der Waals surface area (Å²) in [6, 6.07) is 4.45. The maximum absolute atomic E-state index is 13.4. The summed E-state index contributed by atoms with van der Waals surface area (Å²) >= 11 is 5.64. The van der Waals surface area contributed by atoms with Gasteiger partial charge in [-0.15, -0.1) is 0 Å². The number of hydrogen-bond acceptors (Lipinski definition) is 4. The Bertz CT molecular complexity index is 702. The Morgan fingerprint density at radius 3 is 2.76 bits per heavy atom. The predicted molar refractivity (Wildman–Crippen MR) is 78.1 cm³/mol. The molecule has 0 spiro atoms. The molecule has 0 amide bonds. The molecule has 0 aliphatic carbocycles. The van der Waals surface area contributed by atoms with Gasteiger partial charge in [-0.3, -0.25) is 10.1 Å². The molecule has 1 aromatic carbocycles. The molecule has 0 N–H and O–H groups in total. The van der Waals surface area contributed by atoms with Gasteiger partial charge in [-0.2, -0.15) is 5.10 Å². The molecule has 8 heteroatoms. The maximum Gasteiger partial charge on any atom is 0.333 e. The number of halogens is 2. The molecule has 21 heavy (non-hydrogen) atoms. The summed E-state index contributed by atoms with van der Waals surface area (Å²) in [4.78, 5) is 12.4. The summed E-state index contributed by atoms with van der Waals surface area (Å²) in [5, 5.41) is 15.3. The molecule has 0 unspecified atom stereocenters. The van der Waals surface area contributed by atoms with Crippen LogP contribution in [0.15, 0.2) is 18.2 Å². The average molecular weight is 313 g/mol. The van der Waals surface area contributed by atoms with Crippen LogP contribution in [0.3, 0.4) is 0 Å². The molecule has 6 nitrogen and oxygen atoms in total. The van der Waals surface area contributed by atoms with Gasteiger partial charge in [0.15, 0.2) is 0 Å². The zero-order chi connectivity index (χ0) is 15.7. The van der Waals surface area contributed by atoms with Crippen LogP contribution >= 0.6 is 11.6 Å². The van der Waals surface area contributed by atoms with Crippen molar-refractivity contribution in [3.8, 4) is 0 Å². The lowest BCUT2D eigenvalue weighted by molar-refractivity contribution is -0.384. The normalized spacial score (nSPS) is 10.7. The summed E-state index contributed by atoms with van der Waals surface area (Å²) in [7, 11) is 3.32. The van der Waals surface area contributed by atoms with E-state index < -0.39 is 10.7 Å². The summed E-state index contributed by atoms with van der Waals surface area (Å²) in [5.41, 5.74) is 0.952. The van der Waals surface area contributed by atoms with Crippen LogP contribution in [0.25, 0.3) is 0 Å². The van der Waals surface area contributed by atoms with Crippen LogP contribution in [-0.2, 0) is 13.6 Å². The fourth-order valence-corrected chi connectivity index (χ4v) is 2.38. The van der Waals surface area contributed by atoms with Gasteiger partial charge >= 0.3 is 5.69 Å². The van der Waals surface area contributed by atoms with Gasteiger partial charge in [-0.25, -0.2) is 9.07 Å². The predicted octanol–water partition coefficient (Wildman–Crippen LogP) is 3.07. The number of nitro groups is 1. The average Bonchev–Trinajstić information content (AvgIpc) is 2.69. The van der Waals surface area contributed by atoms with Crippen molar-refractivity contribution < 1.29 is 9.31 Å². The van der Waals surface area contributed by atoms with Gasteiger partial charge < -0.3 is 4.90 Å². The molecule has 1 aromatic heterocycles. The fraction of sp³-hybridized carbons (Fsp3) is 0.308. The molecule has 2 aromatic rings. The first-order chi connectivity index (χ1) is 9.81. The standard InChI is InChI=1S/C13H14ClFN4O2/c1-8-12(19(20)21)13(18(3)16-8)17(2)7-9-4-5-10(14)11(15)6-9/h4-6H,7H2,1-3H3. The highest BCUT2D eigenvalue weighted by Crippen LogP contribution is 2.31. The first-order valence-electron chi connectivity index (χ1n) is 6.14. The minimum Gasteiger partial charge on any atom is -0.350 e. The first-order valence-corrected chi connectivity index (χ1v) is 6.52. The minimum absolute atomic E-state index is 0.0451. The Kier molecular flexibility index (Phi) is 4.13. The second-order valence-corrected chi connectivity index (χ2v) is 5.15. The number of aryl methyl sites for hydroxylation is 2. The zero-order valence-corrected chi connectivity index (χ0v) is 12.6. The maximum atomic E-state index is 13.4. The van der Waals surface area contributed by atoms with Gasteiger partial charge in [0.05, 0.1) is 9.95 Å². The molecular weight excluding hydrogens is 299 g/mol. The fourth-order valence-electron chi connectivity index (χ4n) is 2.26. The number of anilines is 1. The van der Waals surface area contributed by atoms with Gasteiger partial charge in [0.1, 0.15) is 11.5 Å². The molecule has 0 aliphatic heterocycles. The quantitative estimate of drug-likeness (QED) is 0.643. The van der Waals surface area contributed by atoms with Crippen LogP contribution in [0.5, 0.6) is 0 Å². The molecule has 0 saturated carbocycles. The molecule has 0 radical (unpaired) electrons. The van der Waals surface area contributed by atoms with E-state index in [9.17, 15) is 14.5 Å². The molecule has 0 saturated heterocycles. The van der Waals surface area contributed by atoms with E-state index in [4.69, 9.17) is 11.6 Å². The van der Waals surface area contributed by atoms with Crippen molar-refractivity contribution in [1.29, 1.82) is 0 Å². The summed E-state index contributed by atoms with van der Waals surface area (Å²) in [6.07, 6.45) is 0. The Labute approximate surface area is 125 Å². The van der Waals surface area contributed by atoms with Crippen molar-refractivity contribution in [2.75, 3.05) is 11.9 Å². The lowest BCUT2D eigenvalue weighted by atomic mass is 10.2. The van der Waals surface area contributed by atoms with Gasteiger partial charge in [0.25, 0.3) is 0 Å².